The van der Waals surface area contributed by atoms with Gasteiger partial charge in [0.15, 0.2) is 0 Å². The van der Waals surface area contributed by atoms with Crippen molar-refractivity contribution in [1.82, 2.24) is 5.32 Å². The van der Waals surface area contributed by atoms with Crippen LogP contribution in [0.15, 0.2) is 0 Å². The van der Waals surface area contributed by atoms with Crippen molar-refractivity contribution < 1.29 is 9.90 Å². The van der Waals surface area contributed by atoms with Crippen LogP contribution < -0.4 is 5.32 Å². The molecule has 0 heterocycles. The molecule has 0 aromatic heterocycles. The van der Waals surface area contributed by atoms with Crippen molar-refractivity contribution in [3.05, 3.63) is 0 Å². The lowest BCUT2D eigenvalue weighted by Gasteiger charge is -2.07. The van der Waals surface area contributed by atoms with Gasteiger partial charge in [0, 0.05) is 0 Å². The van der Waals surface area contributed by atoms with E-state index in [1.54, 1.807) is 7.05 Å². The van der Waals surface area contributed by atoms with Crippen LogP contribution in [0.3, 0.4) is 0 Å². The molecule has 0 aromatic rings. The summed E-state index contributed by atoms with van der Waals surface area (Å²) in [7, 11) is 3.47. The SMILES string of the molecule is C[B]CC(NC)C(=O)O. The fourth-order valence-corrected chi connectivity index (χ4v) is 0.578. The first-order chi connectivity index (χ1) is 4.22. The predicted molar refractivity (Wildman–Crippen MR) is 36.9 cm³/mol. The first kappa shape index (κ1) is 8.49. The Morgan fingerprint density at radius 2 is 2.44 bits per heavy atom. The third-order valence-corrected chi connectivity index (χ3v) is 1.12. The molecule has 0 amide bonds. The van der Waals surface area contributed by atoms with Crippen molar-refractivity contribution in [2.75, 3.05) is 7.05 Å². The maximum absolute atomic E-state index is 10.2. The summed E-state index contributed by atoms with van der Waals surface area (Å²) in [4.78, 5) is 10.2. The molecule has 0 fully saturated rings. The van der Waals surface area contributed by atoms with E-state index in [0.717, 1.165) is 0 Å². The van der Waals surface area contributed by atoms with Crippen LogP contribution in [0.4, 0.5) is 0 Å². The molecule has 0 saturated heterocycles. The molecule has 0 aromatic carbocycles. The van der Waals surface area contributed by atoms with Crippen molar-refractivity contribution >= 4 is 13.2 Å². The number of carboxylic acid groups (broad SMARTS) is 1. The molecule has 1 unspecified atom stereocenters. The van der Waals surface area contributed by atoms with Gasteiger partial charge in [0.2, 0.25) is 0 Å². The van der Waals surface area contributed by atoms with E-state index in [9.17, 15) is 4.79 Å². The van der Waals surface area contributed by atoms with Crippen LogP contribution in [0.25, 0.3) is 0 Å². The Bertz CT molecular complexity index is 97.0. The number of carbonyl (C=O) groups is 1. The first-order valence-corrected chi connectivity index (χ1v) is 2.90. The molecule has 2 N–H and O–H groups in total. The van der Waals surface area contributed by atoms with Crippen LogP contribution in [0.2, 0.25) is 13.1 Å². The first-order valence-electron chi connectivity index (χ1n) is 2.90. The fourth-order valence-electron chi connectivity index (χ4n) is 0.578. The summed E-state index contributed by atoms with van der Waals surface area (Å²) >= 11 is 0. The van der Waals surface area contributed by atoms with Gasteiger partial charge in [-0.25, -0.2) is 0 Å². The number of rotatable bonds is 4. The number of aliphatic carboxylic acids is 1. The molecule has 0 rings (SSSR count). The molecule has 4 heteroatoms. The van der Waals surface area contributed by atoms with Crippen LogP contribution in [0, 0.1) is 0 Å². The summed E-state index contributed by atoms with van der Waals surface area (Å²) in [5, 5.41) is 11.1. The van der Waals surface area contributed by atoms with Crippen molar-refractivity contribution in [2.24, 2.45) is 0 Å². The van der Waals surface area contributed by atoms with Crippen molar-refractivity contribution in [3.8, 4) is 0 Å². The summed E-state index contributed by atoms with van der Waals surface area (Å²) in [5.41, 5.74) is 0. The topological polar surface area (TPSA) is 49.3 Å². The Labute approximate surface area is 55.7 Å². The van der Waals surface area contributed by atoms with Crippen LogP contribution in [0.5, 0.6) is 0 Å². The second-order valence-corrected chi connectivity index (χ2v) is 1.82. The third kappa shape index (κ3) is 3.14. The molecule has 0 aliphatic carbocycles. The van der Waals surface area contributed by atoms with Gasteiger partial charge >= 0.3 is 5.97 Å². The quantitative estimate of drug-likeness (QED) is 0.516. The van der Waals surface area contributed by atoms with Gasteiger partial charge in [-0.05, 0) is 7.05 Å². The third-order valence-electron chi connectivity index (χ3n) is 1.12. The number of hydrogen-bond donors (Lipinski definition) is 2. The second kappa shape index (κ2) is 4.38. The minimum atomic E-state index is -0.796. The second-order valence-electron chi connectivity index (χ2n) is 1.82. The van der Waals surface area contributed by atoms with Gasteiger partial charge < -0.3 is 10.4 Å². The van der Waals surface area contributed by atoms with Gasteiger partial charge in [0.1, 0.15) is 7.28 Å². The van der Waals surface area contributed by atoms with E-state index >= 15 is 0 Å². The average Bonchev–Trinajstić information content (AvgIpc) is 1.82. The Morgan fingerprint density at radius 1 is 1.89 bits per heavy atom. The zero-order valence-electron chi connectivity index (χ0n) is 5.72. The molecule has 51 valence electrons. The molecule has 0 spiro atoms. The fraction of sp³-hybridized carbons (Fsp3) is 0.800. The lowest BCUT2D eigenvalue weighted by Crippen LogP contribution is -2.34. The monoisotopic (exact) mass is 128 g/mol. The normalized spacial score (nSPS) is 12.7. The van der Waals surface area contributed by atoms with E-state index in [4.69, 9.17) is 5.11 Å². The maximum Gasteiger partial charge on any atom is 0.319 e. The van der Waals surface area contributed by atoms with Gasteiger partial charge in [-0.15, -0.1) is 0 Å². The van der Waals surface area contributed by atoms with Crippen molar-refractivity contribution in [1.29, 1.82) is 0 Å². The maximum atomic E-state index is 10.2. The average molecular weight is 128 g/mol. The standard InChI is InChI=1S/C5H11BNO2/c1-6-3-4(7-2)5(8)9/h4,7H,3H2,1-2H3,(H,8,9). The van der Waals surface area contributed by atoms with E-state index in [0.29, 0.717) is 6.32 Å². The number of likely N-dealkylation sites (N-methyl/N-ethyl adjacent to an activating group) is 1. The summed E-state index contributed by atoms with van der Waals surface area (Å²) in [6, 6.07) is -0.421. The number of hydrogen-bond acceptors (Lipinski definition) is 2. The highest BCUT2D eigenvalue weighted by atomic mass is 16.4. The Kier molecular flexibility index (Phi) is 4.14. The van der Waals surface area contributed by atoms with E-state index in [1.807, 2.05) is 14.1 Å². The van der Waals surface area contributed by atoms with Crippen LogP contribution in [0.1, 0.15) is 0 Å². The van der Waals surface area contributed by atoms with E-state index in [1.165, 1.54) is 0 Å². The minimum absolute atomic E-state index is 0.421. The van der Waals surface area contributed by atoms with E-state index in [-0.39, 0.29) is 0 Å². The van der Waals surface area contributed by atoms with E-state index in [2.05, 4.69) is 5.32 Å². The van der Waals surface area contributed by atoms with Crippen LogP contribution >= 0.6 is 0 Å². The smallest absolute Gasteiger partial charge is 0.319 e. The predicted octanol–water partition coefficient (Wildman–Crippen LogP) is -0.170. The van der Waals surface area contributed by atoms with Crippen LogP contribution in [-0.2, 0) is 4.79 Å². The highest BCUT2D eigenvalue weighted by Gasteiger charge is 2.11. The Balaban J connectivity index is 3.54. The molecular weight excluding hydrogens is 117 g/mol. The van der Waals surface area contributed by atoms with Crippen molar-refractivity contribution in [2.45, 2.75) is 19.2 Å². The Hall–Kier alpha value is -0.505. The van der Waals surface area contributed by atoms with Gasteiger partial charge in [0.05, 0.1) is 6.04 Å². The molecular formula is C5H11BNO2. The summed E-state index contributed by atoms with van der Waals surface area (Å²) in [6.07, 6.45) is 0.575. The Morgan fingerprint density at radius 3 is 2.56 bits per heavy atom. The van der Waals surface area contributed by atoms with Crippen LogP contribution in [-0.4, -0.2) is 31.4 Å². The van der Waals surface area contributed by atoms with Gasteiger partial charge in [-0.3, -0.25) is 4.79 Å². The molecule has 0 saturated carbocycles. The highest BCUT2D eigenvalue weighted by molar-refractivity contribution is 6.34. The lowest BCUT2D eigenvalue weighted by molar-refractivity contribution is -0.138. The van der Waals surface area contributed by atoms with Gasteiger partial charge in [-0.1, -0.05) is 13.1 Å². The molecule has 0 aliphatic heterocycles. The lowest BCUT2D eigenvalue weighted by atomic mass is 9.75. The number of nitrogens with one attached hydrogen (secondary N) is 1. The zero-order chi connectivity index (χ0) is 7.28. The molecule has 0 bridgehead atoms. The molecule has 3 nitrogen and oxygen atoms in total. The summed E-state index contributed by atoms with van der Waals surface area (Å²) in [6.45, 7) is 1.84. The molecule has 9 heavy (non-hydrogen) atoms. The van der Waals surface area contributed by atoms with Gasteiger partial charge in [-0.2, -0.15) is 0 Å². The molecule has 1 atom stereocenters. The van der Waals surface area contributed by atoms with Crippen molar-refractivity contribution in [3.63, 3.8) is 0 Å². The summed E-state index contributed by atoms with van der Waals surface area (Å²) in [5.74, 6) is -0.796. The van der Waals surface area contributed by atoms with E-state index < -0.39 is 12.0 Å². The number of carboxylic acids is 1. The summed E-state index contributed by atoms with van der Waals surface area (Å²) < 4.78 is 0. The minimum Gasteiger partial charge on any atom is -0.480 e. The molecule has 1 radical (unpaired) electrons. The highest BCUT2D eigenvalue weighted by Crippen LogP contribution is 1.89. The molecule has 0 aliphatic rings. The van der Waals surface area contributed by atoms with Gasteiger partial charge in [0.25, 0.3) is 0 Å². The largest absolute Gasteiger partial charge is 0.480 e. The zero-order valence-corrected chi connectivity index (χ0v) is 5.72.